The lowest BCUT2D eigenvalue weighted by molar-refractivity contribution is -0.124. The first-order chi connectivity index (χ1) is 20.4. The highest BCUT2D eigenvalue weighted by molar-refractivity contribution is 7.88. The number of hydrogen-bond acceptors (Lipinski definition) is 6. The van der Waals surface area contributed by atoms with Crippen LogP contribution in [0, 0.1) is 0 Å². The van der Waals surface area contributed by atoms with Crippen LogP contribution in [0.3, 0.4) is 0 Å². The fourth-order valence-corrected chi connectivity index (χ4v) is 7.85. The minimum atomic E-state index is -3.60. The molecule has 3 aromatic carbocycles. The molecule has 1 aliphatic heterocycles. The van der Waals surface area contributed by atoms with Gasteiger partial charge in [0.15, 0.2) is 0 Å². The summed E-state index contributed by atoms with van der Waals surface area (Å²) in [6, 6.07) is 16.0. The Balaban J connectivity index is 1.61. The predicted octanol–water partition coefficient (Wildman–Crippen LogP) is 4.69. The predicted molar refractivity (Wildman–Crippen MR) is 164 cm³/mol. The van der Waals surface area contributed by atoms with Crippen LogP contribution in [0.2, 0.25) is 10.0 Å². The lowest BCUT2D eigenvalue weighted by atomic mass is 9.76. The standard InChI is InChI=1S/C30H31Cl2N3O6S2/c1-43(40,41)34-25-8-4-5-9-26(25)35-28(23-15-12-19(31)16-24(23)32)27(21-6-2-3-7-22(21)30(35)37)29(36)33-17-18-10-13-20(14-11-18)42(38)39/h2-3,6-7,10-16,25-28,34H,4-5,8-9,17H2,1H3,(H,33,36)(H,38,39)/p-1/t25-,26-,27+,28-/m0/s1. The van der Waals surface area contributed by atoms with Crippen LogP contribution in [0.25, 0.3) is 0 Å². The fraction of sp³-hybridized carbons (Fsp3) is 0.333. The summed E-state index contributed by atoms with van der Waals surface area (Å²) < 4.78 is 49.9. The maximum Gasteiger partial charge on any atom is 0.255 e. The minimum Gasteiger partial charge on any atom is -0.768 e. The third kappa shape index (κ3) is 6.97. The molecule has 0 spiro atoms. The van der Waals surface area contributed by atoms with Gasteiger partial charge in [0.25, 0.3) is 5.91 Å². The van der Waals surface area contributed by atoms with Crippen LogP contribution in [-0.4, -0.2) is 52.2 Å². The summed E-state index contributed by atoms with van der Waals surface area (Å²) in [6.07, 6.45) is 3.73. The van der Waals surface area contributed by atoms with Gasteiger partial charge >= 0.3 is 0 Å². The fourth-order valence-electron chi connectivity index (χ4n) is 6.15. The van der Waals surface area contributed by atoms with Crippen molar-refractivity contribution >= 4 is 56.1 Å². The molecular weight excluding hydrogens is 633 g/mol. The van der Waals surface area contributed by atoms with Gasteiger partial charge in [-0.05, 0) is 70.9 Å². The smallest absolute Gasteiger partial charge is 0.255 e. The summed E-state index contributed by atoms with van der Waals surface area (Å²) in [5, 5.41) is 3.63. The maximum atomic E-state index is 14.3. The highest BCUT2D eigenvalue weighted by Crippen LogP contribution is 2.47. The lowest BCUT2D eigenvalue weighted by Crippen LogP contribution is -2.59. The summed E-state index contributed by atoms with van der Waals surface area (Å²) in [6.45, 7) is 0.111. The van der Waals surface area contributed by atoms with E-state index in [9.17, 15) is 26.8 Å². The number of carbonyl (C=O) groups is 2. The number of rotatable bonds is 8. The van der Waals surface area contributed by atoms with Gasteiger partial charge in [0, 0.05) is 39.1 Å². The quantitative estimate of drug-likeness (QED) is 0.336. The molecule has 0 radical (unpaired) electrons. The molecule has 2 N–H and O–H groups in total. The first-order valence-electron chi connectivity index (χ1n) is 13.7. The molecule has 3 aromatic rings. The third-order valence-corrected chi connectivity index (χ3v) is 9.92. The number of hydrogen-bond donors (Lipinski definition) is 2. The zero-order chi connectivity index (χ0) is 30.9. The number of halogens is 2. The normalized spacial score (nSPS) is 23.0. The molecule has 0 saturated heterocycles. The van der Waals surface area contributed by atoms with Gasteiger partial charge in [0.2, 0.25) is 15.9 Å². The van der Waals surface area contributed by atoms with E-state index in [2.05, 4.69) is 10.0 Å². The largest absolute Gasteiger partial charge is 0.768 e. The molecule has 1 unspecified atom stereocenters. The Morgan fingerprint density at radius 2 is 1.72 bits per heavy atom. The molecule has 228 valence electrons. The van der Waals surface area contributed by atoms with E-state index in [1.54, 1.807) is 59.5 Å². The molecule has 9 nitrogen and oxygen atoms in total. The molecule has 5 atom stereocenters. The summed E-state index contributed by atoms with van der Waals surface area (Å²) in [7, 11) is -3.60. The molecule has 1 aliphatic carbocycles. The third-order valence-electron chi connectivity index (χ3n) is 7.97. The first-order valence-corrected chi connectivity index (χ1v) is 17.5. The van der Waals surface area contributed by atoms with E-state index in [1.165, 1.54) is 12.1 Å². The molecule has 0 bridgehead atoms. The first kappa shape index (κ1) is 31.6. The van der Waals surface area contributed by atoms with Crippen molar-refractivity contribution in [3.8, 4) is 0 Å². The van der Waals surface area contributed by atoms with E-state index in [4.69, 9.17) is 23.2 Å². The Hall–Kier alpha value is -2.80. The van der Waals surface area contributed by atoms with Crippen molar-refractivity contribution in [1.82, 2.24) is 14.9 Å². The van der Waals surface area contributed by atoms with Crippen molar-refractivity contribution in [2.24, 2.45) is 0 Å². The van der Waals surface area contributed by atoms with Crippen molar-refractivity contribution < 1.29 is 26.8 Å². The number of nitrogens with one attached hydrogen (secondary N) is 2. The van der Waals surface area contributed by atoms with Crippen molar-refractivity contribution in [2.45, 2.75) is 61.2 Å². The van der Waals surface area contributed by atoms with E-state index in [0.717, 1.165) is 19.1 Å². The maximum absolute atomic E-state index is 14.3. The summed E-state index contributed by atoms with van der Waals surface area (Å²) in [4.78, 5) is 30.3. The van der Waals surface area contributed by atoms with Gasteiger partial charge in [-0.15, -0.1) is 0 Å². The van der Waals surface area contributed by atoms with E-state index in [1.807, 2.05) is 0 Å². The van der Waals surface area contributed by atoms with Gasteiger partial charge in [-0.2, -0.15) is 0 Å². The highest BCUT2D eigenvalue weighted by atomic mass is 35.5. The molecule has 13 heteroatoms. The number of fused-ring (bicyclic) bond motifs is 1. The van der Waals surface area contributed by atoms with Crippen LogP contribution in [0.1, 0.15) is 64.7 Å². The Morgan fingerprint density at radius 3 is 2.40 bits per heavy atom. The van der Waals surface area contributed by atoms with Gasteiger partial charge in [0.1, 0.15) is 0 Å². The van der Waals surface area contributed by atoms with Crippen molar-refractivity contribution in [2.75, 3.05) is 6.26 Å². The number of amides is 2. The average Bonchev–Trinajstić information content (AvgIpc) is 2.96. The van der Waals surface area contributed by atoms with E-state index < -0.39 is 45.1 Å². The molecule has 0 aromatic heterocycles. The minimum absolute atomic E-state index is 0.111. The van der Waals surface area contributed by atoms with Crippen LogP contribution in [0.4, 0.5) is 0 Å². The zero-order valence-electron chi connectivity index (χ0n) is 23.2. The SMILES string of the molecule is CS(=O)(=O)N[C@H]1CCCC[C@@H]1N1C(=O)c2ccccc2[C@@H](C(=O)NCc2ccc(S(=O)[O-])cc2)[C@@H]1c1ccc(Cl)cc1Cl. The molecule has 1 saturated carbocycles. The summed E-state index contributed by atoms with van der Waals surface area (Å²) >= 11 is 10.6. The average molecular weight is 664 g/mol. The number of nitrogens with zero attached hydrogens (tertiary/aromatic N) is 1. The Bertz CT molecular complexity index is 1670. The van der Waals surface area contributed by atoms with Gasteiger partial charge in [-0.25, -0.2) is 13.1 Å². The number of carbonyl (C=O) groups excluding carboxylic acids is 2. The Morgan fingerprint density at radius 1 is 1.02 bits per heavy atom. The van der Waals surface area contributed by atoms with E-state index in [-0.39, 0.29) is 28.3 Å². The Kier molecular flexibility index (Phi) is 9.60. The molecule has 1 heterocycles. The molecule has 5 rings (SSSR count). The number of sulfonamides is 1. The molecule has 43 heavy (non-hydrogen) atoms. The van der Waals surface area contributed by atoms with Crippen molar-refractivity contribution in [1.29, 1.82) is 0 Å². The van der Waals surface area contributed by atoms with Gasteiger partial charge in [-0.1, -0.05) is 72.4 Å². The molecular formula is C30H30Cl2N3O6S2-. The second-order valence-corrected chi connectivity index (χ2v) is 14.4. The van der Waals surface area contributed by atoms with Crippen molar-refractivity contribution in [3.05, 3.63) is 99.0 Å². The van der Waals surface area contributed by atoms with Gasteiger partial charge < -0.3 is 14.8 Å². The molecule has 2 amide bonds. The summed E-state index contributed by atoms with van der Waals surface area (Å²) in [5.41, 5.74) is 2.08. The zero-order valence-corrected chi connectivity index (χ0v) is 26.3. The van der Waals surface area contributed by atoms with Gasteiger partial charge in [-0.3, -0.25) is 13.8 Å². The van der Waals surface area contributed by atoms with E-state index >= 15 is 0 Å². The van der Waals surface area contributed by atoms with Crippen LogP contribution in [0.5, 0.6) is 0 Å². The second-order valence-electron chi connectivity index (χ2n) is 10.8. The summed E-state index contributed by atoms with van der Waals surface area (Å²) in [5.74, 6) is -1.59. The van der Waals surface area contributed by atoms with Gasteiger partial charge in [0.05, 0.1) is 18.2 Å². The molecule has 1 fully saturated rings. The number of benzene rings is 3. The van der Waals surface area contributed by atoms with Crippen LogP contribution in [-0.2, 0) is 32.4 Å². The van der Waals surface area contributed by atoms with E-state index in [0.29, 0.717) is 40.1 Å². The van der Waals surface area contributed by atoms with Crippen LogP contribution >= 0.6 is 23.2 Å². The van der Waals surface area contributed by atoms with Crippen LogP contribution in [0.15, 0.2) is 71.6 Å². The monoisotopic (exact) mass is 662 g/mol. The lowest BCUT2D eigenvalue weighted by Gasteiger charge is -2.49. The topological polar surface area (TPSA) is 136 Å². The second kappa shape index (κ2) is 13.1. The van der Waals surface area contributed by atoms with Crippen molar-refractivity contribution in [3.63, 3.8) is 0 Å². The highest BCUT2D eigenvalue weighted by Gasteiger charge is 2.49. The molecule has 2 aliphatic rings. The van der Waals surface area contributed by atoms with Crippen LogP contribution < -0.4 is 10.0 Å². The Labute approximate surface area is 263 Å².